The Morgan fingerprint density at radius 3 is 2.22 bits per heavy atom. The van der Waals surface area contributed by atoms with Crippen LogP contribution in [-0.2, 0) is 4.79 Å². The SMILES string of the molecule is O=C([C@H](c1ccccc1)[NH+]1CCN(c2ncccn2)CC1)N1CCCCC1. The summed E-state index contributed by atoms with van der Waals surface area (Å²) >= 11 is 0. The van der Waals surface area contributed by atoms with Gasteiger partial charge in [0.2, 0.25) is 5.95 Å². The van der Waals surface area contributed by atoms with Gasteiger partial charge in [0.25, 0.3) is 5.91 Å². The Labute approximate surface area is 160 Å². The van der Waals surface area contributed by atoms with Crippen LogP contribution in [0, 0.1) is 0 Å². The summed E-state index contributed by atoms with van der Waals surface area (Å²) in [7, 11) is 0. The molecule has 2 aliphatic rings. The van der Waals surface area contributed by atoms with Crippen LogP contribution >= 0.6 is 0 Å². The lowest BCUT2D eigenvalue weighted by atomic mass is 10.0. The number of piperazine rings is 1. The number of carbonyl (C=O) groups excluding carboxylic acids is 1. The number of nitrogens with zero attached hydrogens (tertiary/aromatic N) is 4. The fourth-order valence-electron chi connectivity index (χ4n) is 4.23. The molecule has 1 aromatic heterocycles. The Kier molecular flexibility index (Phi) is 5.63. The smallest absolute Gasteiger partial charge is 0.285 e. The van der Waals surface area contributed by atoms with Crippen molar-refractivity contribution in [3.05, 3.63) is 54.4 Å². The first-order valence-corrected chi connectivity index (χ1v) is 10.0. The minimum atomic E-state index is -0.108. The van der Waals surface area contributed by atoms with Crippen LogP contribution in [0.3, 0.4) is 0 Å². The molecule has 0 radical (unpaired) electrons. The lowest BCUT2D eigenvalue weighted by molar-refractivity contribution is -0.923. The van der Waals surface area contributed by atoms with Gasteiger partial charge in [-0.2, -0.15) is 0 Å². The van der Waals surface area contributed by atoms with Crippen molar-refractivity contribution in [3.63, 3.8) is 0 Å². The van der Waals surface area contributed by atoms with E-state index in [1.54, 1.807) is 12.4 Å². The third-order valence-corrected chi connectivity index (χ3v) is 5.70. The van der Waals surface area contributed by atoms with Crippen LogP contribution in [-0.4, -0.2) is 60.0 Å². The molecule has 1 atom stereocenters. The number of nitrogens with one attached hydrogen (secondary N) is 1. The van der Waals surface area contributed by atoms with E-state index in [0.29, 0.717) is 5.91 Å². The van der Waals surface area contributed by atoms with E-state index in [2.05, 4.69) is 31.9 Å². The van der Waals surface area contributed by atoms with Crippen molar-refractivity contribution in [1.29, 1.82) is 0 Å². The third kappa shape index (κ3) is 4.11. The summed E-state index contributed by atoms with van der Waals surface area (Å²) in [5.41, 5.74) is 1.13. The van der Waals surface area contributed by atoms with Crippen LogP contribution in [0.25, 0.3) is 0 Å². The quantitative estimate of drug-likeness (QED) is 0.875. The summed E-state index contributed by atoms with van der Waals surface area (Å²) in [4.78, 5) is 27.8. The standard InChI is InChI=1S/C21H27N5O/c27-20(25-12-5-2-6-13-25)19(18-8-3-1-4-9-18)24-14-16-26(17-15-24)21-22-10-7-11-23-21/h1,3-4,7-11,19H,2,5-6,12-17H2/p+1/t19-/m0/s1. The van der Waals surface area contributed by atoms with Crippen LogP contribution in [0.4, 0.5) is 5.95 Å². The van der Waals surface area contributed by atoms with Gasteiger partial charge < -0.3 is 14.7 Å². The third-order valence-electron chi connectivity index (χ3n) is 5.70. The zero-order valence-electron chi connectivity index (χ0n) is 15.8. The van der Waals surface area contributed by atoms with Gasteiger partial charge in [-0.3, -0.25) is 4.79 Å². The van der Waals surface area contributed by atoms with Crippen molar-refractivity contribution in [3.8, 4) is 0 Å². The zero-order chi connectivity index (χ0) is 18.5. The van der Waals surface area contributed by atoms with Gasteiger partial charge in [0.05, 0.1) is 26.2 Å². The van der Waals surface area contributed by atoms with E-state index in [1.165, 1.54) is 11.3 Å². The number of amides is 1. The van der Waals surface area contributed by atoms with Crippen molar-refractivity contribution in [1.82, 2.24) is 14.9 Å². The molecule has 6 heteroatoms. The summed E-state index contributed by atoms with van der Waals surface area (Å²) in [5.74, 6) is 1.08. The number of likely N-dealkylation sites (tertiary alicyclic amines) is 1. The molecule has 1 amide bonds. The van der Waals surface area contributed by atoms with Crippen molar-refractivity contribution in [2.24, 2.45) is 0 Å². The van der Waals surface area contributed by atoms with Gasteiger partial charge in [-0.05, 0) is 25.3 Å². The van der Waals surface area contributed by atoms with Gasteiger partial charge in [-0.25, -0.2) is 9.97 Å². The zero-order valence-corrected chi connectivity index (χ0v) is 15.8. The highest BCUT2D eigenvalue weighted by molar-refractivity contribution is 5.82. The second kappa shape index (κ2) is 8.48. The monoisotopic (exact) mass is 366 g/mol. The minimum Gasteiger partial charge on any atom is -0.337 e. The van der Waals surface area contributed by atoms with Crippen LogP contribution in [0.1, 0.15) is 30.9 Å². The van der Waals surface area contributed by atoms with Crippen molar-refractivity contribution < 1.29 is 9.69 Å². The molecule has 0 unspecified atom stereocenters. The molecule has 6 nitrogen and oxygen atoms in total. The highest BCUT2D eigenvalue weighted by atomic mass is 16.2. The number of hydrogen-bond acceptors (Lipinski definition) is 4. The number of aromatic nitrogens is 2. The fourth-order valence-corrected chi connectivity index (χ4v) is 4.23. The summed E-state index contributed by atoms with van der Waals surface area (Å²) in [6, 6.07) is 12.0. The lowest BCUT2D eigenvalue weighted by Crippen LogP contribution is -3.16. The molecule has 0 aliphatic carbocycles. The first-order valence-electron chi connectivity index (χ1n) is 10.0. The van der Waals surface area contributed by atoms with Gasteiger partial charge in [0.1, 0.15) is 0 Å². The van der Waals surface area contributed by atoms with E-state index in [4.69, 9.17) is 0 Å². The number of anilines is 1. The maximum Gasteiger partial charge on any atom is 0.285 e. The second-order valence-electron chi connectivity index (χ2n) is 7.42. The highest BCUT2D eigenvalue weighted by Crippen LogP contribution is 2.18. The van der Waals surface area contributed by atoms with E-state index in [1.807, 2.05) is 24.3 Å². The Bertz CT molecular complexity index is 725. The molecule has 2 fully saturated rings. The van der Waals surface area contributed by atoms with E-state index in [-0.39, 0.29) is 6.04 Å². The van der Waals surface area contributed by atoms with E-state index < -0.39 is 0 Å². The number of carbonyl (C=O) groups is 1. The van der Waals surface area contributed by atoms with E-state index in [9.17, 15) is 4.79 Å². The maximum absolute atomic E-state index is 13.4. The maximum atomic E-state index is 13.4. The molecule has 142 valence electrons. The van der Waals surface area contributed by atoms with Crippen LogP contribution < -0.4 is 9.80 Å². The number of benzene rings is 1. The Balaban J connectivity index is 1.50. The van der Waals surface area contributed by atoms with Gasteiger partial charge in [-0.15, -0.1) is 0 Å². The van der Waals surface area contributed by atoms with Crippen LogP contribution in [0.5, 0.6) is 0 Å². The topological polar surface area (TPSA) is 53.8 Å². The summed E-state index contributed by atoms with van der Waals surface area (Å²) in [6.07, 6.45) is 7.06. The largest absolute Gasteiger partial charge is 0.337 e. The molecule has 3 heterocycles. The van der Waals surface area contributed by atoms with Gasteiger partial charge >= 0.3 is 0 Å². The second-order valence-corrected chi connectivity index (χ2v) is 7.42. The first kappa shape index (κ1) is 17.9. The molecule has 2 aromatic rings. The van der Waals surface area contributed by atoms with E-state index in [0.717, 1.165) is 63.6 Å². The Morgan fingerprint density at radius 2 is 1.56 bits per heavy atom. The van der Waals surface area contributed by atoms with Gasteiger partial charge in [0, 0.05) is 31.0 Å². The van der Waals surface area contributed by atoms with E-state index >= 15 is 0 Å². The molecule has 2 saturated heterocycles. The molecule has 0 bridgehead atoms. The van der Waals surface area contributed by atoms with Crippen LogP contribution in [0.2, 0.25) is 0 Å². The molecular weight excluding hydrogens is 338 g/mol. The average molecular weight is 366 g/mol. The van der Waals surface area contributed by atoms with Crippen molar-refractivity contribution in [2.45, 2.75) is 25.3 Å². The molecule has 0 saturated carbocycles. The number of quaternary nitrogens is 1. The minimum absolute atomic E-state index is 0.108. The average Bonchev–Trinajstić information content (AvgIpc) is 2.76. The molecule has 2 aliphatic heterocycles. The van der Waals surface area contributed by atoms with Crippen LogP contribution in [0.15, 0.2) is 48.8 Å². The first-order chi connectivity index (χ1) is 13.3. The number of hydrogen-bond donors (Lipinski definition) is 1. The molecular formula is C21H28N5O+. The summed E-state index contributed by atoms with van der Waals surface area (Å²) in [5, 5.41) is 0. The lowest BCUT2D eigenvalue weighted by Gasteiger charge is -2.38. The van der Waals surface area contributed by atoms with Gasteiger partial charge in [-0.1, -0.05) is 30.3 Å². The summed E-state index contributed by atoms with van der Waals surface area (Å²) < 4.78 is 0. The Morgan fingerprint density at radius 1 is 0.889 bits per heavy atom. The number of rotatable bonds is 4. The predicted octanol–water partition coefficient (Wildman–Crippen LogP) is 0.935. The molecule has 1 N–H and O–H groups in total. The number of piperidine rings is 1. The molecule has 0 spiro atoms. The Hall–Kier alpha value is -2.47. The normalized spacial score (nSPS) is 19.7. The molecule has 1 aromatic carbocycles. The molecule has 27 heavy (non-hydrogen) atoms. The highest BCUT2D eigenvalue weighted by Gasteiger charge is 2.37. The molecule has 4 rings (SSSR count). The summed E-state index contributed by atoms with van der Waals surface area (Å²) in [6.45, 7) is 5.37. The van der Waals surface area contributed by atoms with Crippen molar-refractivity contribution in [2.75, 3.05) is 44.2 Å². The van der Waals surface area contributed by atoms with Crippen molar-refractivity contribution >= 4 is 11.9 Å². The fraction of sp³-hybridized carbons (Fsp3) is 0.476. The van der Waals surface area contributed by atoms with Gasteiger partial charge in [0.15, 0.2) is 6.04 Å². The predicted molar refractivity (Wildman–Crippen MR) is 105 cm³/mol.